The van der Waals surface area contributed by atoms with Crippen molar-refractivity contribution in [2.75, 3.05) is 5.32 Å². The zero-order valence-corrected chi connectivity index (χ0v) is 13.9. The molecule has 5 nitrogen and oxygen atoms in total. The lowest BCUT2D eigenvalue weighted by Gasteiger charge is -2.37. The zero-order valence-electron chi connectivity index (χ0n) is 13.9. The van der Waals surface area contributed by atoms with Crippen LogP contribution < -0.4 is 11.1 Å². The van der Waals surface area contributed by atoms with Gasteiger partial charge in [-0.05, 0) is 42.5 Å². The lowest BCUT2D eigenvalue weighted by Crippen LogP contribution is -2.38. The second-order valence-corrected chi connectivity index (χ2v) is 5.80. The number of cyclic esters (lactones) is 1. The number of amides is 2. The molecule has 0 fully saturated rings. The van der Waals surface area contributed by atoms with Gasteiger partial charge in [-0.2, -0.15) is 0 Å². The minimum atomic E-state index is -0.627. The molecule has 1 aliphatic heterocycles. The molecule has 5 heteroatoms. The molecule has 0 radical (unpaired) electrons. The number of anilines is 1. The molecular formula is C18H24N2O3. The Balaban J connectivity index is 2.56. The van der Waals surface area contributed by atoms with Crippen molar-refractivity contribution in [3.63, 3.8) is 0 Å². The number of rotatable bonds is 6. The van der Waals surface area contributed by atoms with Crippen LogP contribution in [0.5, 0.6) is 0 Å². The highest BCUT2D eigenvalue weighted by Gasteiger charge is 2.39. The van der Waals surface area contributed by atoms with Crippen LogP contribution in [0.25, 0.3) is 5.57 Å². The lowest BCUT2D eigenvalue weighted by atomic mass is 9.84. The van der Waals surface area contributed by atoms with Gasteiger partial charge in [0.25, 0.3) is 0 Å². The molecule has 0 saturated carbocycles. The molecule has 3 N–H and O–H groups in total. The summed E-state index contributed by atoms with van der Waals surface area (Å²) in [5.41, 5.74) is 8.26. The van der Waals surface area contributed by atoms with E-state index in [0.29, 0.717) is 12.8 Å². The van der Waals surface area contributed by atoms with Crippen LogP contribution in [-0.4, -0.2) is 12.0 Å². The molecule has 1 aliphatic rings. The highest BCUT2D eigenvalue weighted by molar-refractivity contribution is 5.95. The standard InChI is InChI=1S/C18H24N2O3/c1-4-7-12(11-16(19)21)13-8-9-15-14(10-13)18(5-2,6-3)23-17(22)20-15/h8-11H,4-7H2,1-3H3,(H2,19,21)(H,20,22)/b12-11-. The second-order valence-electron chi connectivity index (χ2n) is 5.80. The lowest BCUT2D eigenvalue weighted by molar-refractivity contribution is -0.113. The Bertz CT molecular complexity index is 646. The fourth-order valence-electron chi connectivity index (χ4n) is 3.11. The van der Waals surface area contributed by atoms with Crippen LogP contribution in [0.2, 0.25) is 0 Å². The summed E-state index contributed by atoms with van der Waals surface area (Å²) in [5.74, 6) is -0.451. The van der Waals surface area contributed by atoms with Gasteiger partial charge in [0.05, 0.1) is 5.69 Å². The summed E-state index contributed by atoms with van der Waals surface area (Å²) in [4.78, 5) is 23.1. The van der Waals surface area contributed by atoms with Gasteiger partial charge in [0.1, 0.15) is 5.60 Å². The average molecular weight is 316 g/mol. The number of carbonyl (C=O) groups excluding carboxylic acids is 2. The molecular weight excluding hydrogens is 292 g/mol. The second kappa shape index (κ2) is 6.86. The van der Waals surface area contributed by atoms with Gasteiger partial charge in [-0.3, -0.25) is 10.1 Å². The Morgan fingerprint density at radius 3 is 2.57 bits per heavy atom. The normalized spacial score (nSPS) is 16.3. The monoisotopic (exact) mass is 316 g/mol. The van der Waals surface area contributed by atoms with Gasteiger partial charge in [0.15, 0.2) is 0 Å². The molecule has 0 aromatic heterocycles. The van der Waals surface area contributed by atoms with Gasteiger partial charge in [-0.1, -0.05) is 33.3 Å². The molecule has 0 spiro atoms. The van der Waals surface area contributed by atoms with E-state index in [1.54, 1.807) is 0 Å². The van der Waals surface area contributed by atoms with Gasteiger partial charge in [0.2, 0.25) is 5.91 Å². The van der Waals surface area contributed by atoms with Crippen LogP contribution in [0.3, 0.4) is 0 Å². The topological polar surface area (TPSA) is 81.4 Å². The van der Waals surface area contributed by atoms with Crippen LogP contribution in [0.4, 0.5) is 10.5 Å². The van der Waals surface area contributed by atoms with Crippen molar-refractivity contribution < 1.29 is 14.3 Å². The number of carbonyl (C=O) groups is 2. The van der Waals surface area contributed by atoms with E-state index < -0.39 is 17.6 Å². The SMILES string of the molecule is CCC/C(=C/C(N)=O)c1ccc2c(c1)C(CC)(CC)OC(=O)N2. The summed E-state index contributed by atoms with van der Waals surface area (Å²) in [5, 5.41) is 2.75. The van der Waals surface area contributed by atoms with E-state index in [1.165, 1.54) is 6.08 Å². The highest BCUT2D eigenvalue weighted by Crippen LogP contribution is 2.42. The Morgan fingerprint density at radius 1 is 1.30 bits per heavy atom. The third kappa shape index (κ3) is 3.38. The van der Waals surface area contributed by atoms with E-state index in [2.05, 4.69) is 12.2 Å². The van der Waals surface area contributed by atoms with Gasteiger partial charge in [-0.25, -0.2) is 4.79 Å². The molecule has 1 heterocycles. The Morgan fingerprint density at radius 2 is 2.00 bits per heavy atom. The summed E-state index contributed by atoms with van der Waals surface area (Å²) in [7, 11) is 0. The number of ether oxygens (including phenoxy) is 1. The van der Waals surface area contributed by atoms with E-state index in [0.717, 1.165) is 35.2 Å². The smallest absolute Gasteiger partial charge is 0.412 e. The van der Waals surface area contributed by atoms with Gasteiger partial charge in [-0.15, -0.1) is 0 Å². The number of fused-ring (bicyclic) bond motifs is 1. The van der Waals surface area contributed by atoms with Crippen molar-refractivity contribution in [2.45, 2.75) is 52.1 Å². The maximum Gasteiger partial charge on any atom is 0.412 e. The van der Waals surface area contributed by atoms with E-state index in [4.69, 9.17) is 10.5 Å². The first kappa shape index (κ1) is 17.1. The molecule has 124 valence electrons. The average Bonchev–Trinajstić information content (AvgIpc) is 2.52. The van der Waals surface area contributed by atoms with Crippen molar-refractivity contribution in [2.24, 2.45) is 5.73 Å². The highest BCUT2D eigenvalue weighted by atomic mass is 16.6. The molecule has 1 aromatic carbocycles. The first-order valence-corrected chi connectivity index (χ1v) is 8.10. The Labute approximate surface area is 136 Å². The number of allylic oxidation sites excluding steroid dienone is 1. The molecule has 1 aromatic rings. The predicted molar refractivity (Wildman–Crippen MR) is 90.9 cm³/mol. The fourth-order valence-corrected chi connectivity index (χ4v) is 3.11. The zero-order chi connectivity index (χ0) is 17.0. The number of hydrogen-bond acceptors (Lipinski definition) is 3. The van der Waals surface area contributed by atoms with Gasteiger partial charge >= 0.3 is 6.09 Å². The summed E-state index contributed by atoms with van der Waals surface area (Å²) >= 11 is 0. The van der Waals surface area contributed by atoms with Gasteiger partial charge in [0, 0.05) is 11.6 Å². The number of nitrogens with two attached hydrogens (primary N) is 1. The molecule has 2 rings (SSSR count). The maximum absolute atomic E-state index is 11.8. The van der Waals surface area contributed by atoms with Crippen molar-refractivity contribution >= 4 is 23.3 Å². The number of primary amides is 1. The van der Waals surface area contributed by atoms with Crippen LogP contribution in [0.1, 0.15) is 57.6 Å². The van der Waals surface area contributed by atoms with E-state index in [-0.39, 0.29) is 0 Å². The van der Waals surface area contributed by atoms with E-state index in [1.807, 2.05) is 32.0 Å². The number of hydrogen-bond donors (Lipinski definition) is 2. The van der Waals surface area contributed by atoms with Crippen molar-refractivity contribution in [1.29, 1.82) is 0 Å². The molecule has 0 aliphatic carbocycles. The largest absolute Gasteiger partial charge is 0.438 e. The Kier molecular flexibility index (Phi) is 5.08. The molecule has 23 heavy (non-hydrogen) atoms. The summed E-state index contributed by atoms with van der Waals surface area (Å²) in [6.07, 6.45) is 4.12. The van der Waals surface area contributed by atoms with Crippen molar-refractivity contribution in [3.8, 4) is 0 Å². The van der Waals surface area contributed by atoms with Crippen molar-refractivity contribution in [1.82, 2.24) is 0 Å². The van der Waals surface area contributed by atoms with Crippen molar-refractivity contribution in [3.05, 3.63) is 35.4 Å². The third-order valence-corrected chi connectivity index (χ3v) is 4.38. The number of benzene rings is 1. The summed E-state index contributed by atoms with van der Waals surface area (Å²) in [6, 6.07) is 5.78. The molecule has 0 atom stereocenters. The van der Waals surface area contributed by atoms with Crippen LogP contribution in [0.15, 0.2) is 24.3 Å². The molecule has 2 amide bonds. The third-order valence-electron chi connectivity index (χ3n) is 4.38. The minimum absolute atomic E-state index is 0.421. The molecule has 0 unspecified atom stereocenters. The predicted octanol–water partition coefficient (Wildman–Crippen LogP) is 3.93. The molecule has 0 bridgehead atoms. The van der Waals surface area contributed by atoms with E-state index in [9.17, 15) is 9.59 Å². The quantitative estimate of drug-likeness (QED) is 0.780. The van der Waals surface area contributed by atoms with Gasteiger partial charge < -0.3 is 10.5 Å². The Hall–Kier alpha value is -2.30. The van der Waals surface area contributed by atoms with Crippen LogP contribution >= 0.6 is 0 Å². The van der Waals surface area contributed by atoms with Crippen LogP contribution in [0, 0.1) is 0 Å². The number of nitrogens with one attached hydrogen (secondary N) is 1. The molecule has 0 saturated heterocycles. The first-order valence-electron chi connectivity index (χ1n) is 8.10. The van der Waals surface area contributed by atoms with Crippen LogP contribution in [-0.2, 0) is 15.1 Å². The minimum Gasteiger partial charge on any atom is -0.438 e. The first-order chi connectivity index (χ1) is 11.0. The fraction of sp³-hybridized carbons (Fsp3) is 0.444. The summed E-state index contributed by atoms with van der Waals surface area (Å²) in [6.45, 7) is 6.06. The maximum atomic E-state index is 11.8. The van der Waals surface area contributed by atoms with E-state index >= 15 is 0 Å². The summed E-state index contributed by atoms with van der Waals surface area (Å²) < 4.78 is 5.61.